The molecular formula is C16H20N4O3S3. The average molecular weight is 413 g/mol. The van der Waals surface area contributed by atoms with Gasteiger partial charge < -0.3 is 4.90 Å². The van der Waals surface area contributed by atoms with Crippen molar-refractivity contribution in [3.63, 3.8) is 0 Å². The summed E-state index contributed by atoms with van der Waals surface area (Å²) in [4.78, 5) is 14.9. The normalized spacial score (nSPS) is 22.6. The summed E-state index contributed by atoms with van der Waals surface area (Å²) in [7, 11) is -3.69. The summed E-state index contributed by atoms with van der Waals surface area (Å²) in [6.45, 7) is 2.21. The maximum Gasteiger partial charge on any atom is 0.245 e. The first-order chi connectivity index (χ1) is 12.6. The number of sulfonamides is 1. The molecule has 0 saturated carbocycles. The second kappa shape index (κ2) is 7.41. The van der Waals surface area contributed by atoms with Gasteiger partial charge in [0, 0.05) is 37.7 Å². The lowest BCUT2D eigenvalue weighted by Gasteiger charge is -2.35. The third kappa shape index (κ3) is 3.35. The summed E-state index contributed by atoms with van der Waals surface area (Å²) in [5, 5.41) is 0. The lowest BCUT2D eigenvalue weighted by atomic mass is 9.98. The molecule has 2 saturated heterocycles. The maximum absolute atomic E-state index is 13.2. The monoisotopic (exact) mass is 412 g/mol. The number of aromatic nitrogens is 2. The molecule has 0 spiro atoms. The number of hydrogen-bond acceptors (Lipinski definition) is 7. The van der Waals surface area contributed by atoms with Crippen LogP contribution in [0.15, 0.2) is 23.1 Å². The Morgan fingerprint density at radius 1 is 1.15 bits per heavy atom. The van der Waals surface area contributed by atoms with E-state index in [1.165, 1.54) is 4.31 Å². The number of carbonyl (C=O) groups is 1. The van der Waals surface area contributed by atoms with Crippen LogP contribution in [0.2, 0.25) is 0 Å². The van der Waals surface area contributed by atoms with Crippen molar-refractivity contribution in [1.29, 1.82) is 0 Å². The van der Waals surface area contributed by atoms with Crippen molar-refractivity contribution in [2.75, 3.05) is 37.7 Å². The molecule has 10 heteroatoms. The lowest BCUT2D eigenvalue weighted by Crippen LogP contribution is -2.48. The highest BCUT2D eigenvalue weighted by Gasteiger charge is 2.36. The second-order valence-corrected chi connectivity index (χ2v) is 10.2. The molecule has 1 aromatic heterocycles. The summed E-state index contributed by atoms with van der Waals surface area (Å²) in [6.07, 6.45) is 1.44. The van der Waals surface area contributed by atoms with Crippen molar-refractivity contribution < 1.29 is 13.2 Å². The van der Waals surface area contributed by atoms with E-state index in [1.807, 2.05) is 16.7 Å². The SMILES string of the molecule is O=C([C@H]1CCCN(S(=O)(=O)c2cccc3nsnc23)C1)N1CCSCC1. The number of amides is 1. The molecule has 0 aliphatic carbocycles. The molecule has 0 unspecified atom stereocenters. The third-order valence-corrected chi connectivity index (χ3v) is 8.30. The minimum absolute atomic E-state index is 0.0960. The molecular weight excluding hydrogens is 392 g/mol. The van der Waals surface area contributed by atoms with Crippen molar-refractivity contribution in [2.24, 2.45) is 5.92 Å². The molecule has 7 nitrogen and oxygen atoms in total. The van der Waals surface area contributed by atoms with Crippen LogP contribution in [-0.4, -0.2) is 70.0 Å². The van der Waals surface area contributed by atoms with Gasteiger partial charge in [0.2, 0.25) is 15.9 Å². The maximum atomic E-state index is 13.2. The topological polar surface area (TPSA) is 83.5 Å². The fourth-order valence-electron chi connectivity index (χ4n) is 3.53. The second-order valence-electron chi connectivity index (χ2n) is 6.53. The van der Waals surface area contributed by atoms with Crippen molar-refractivity contribution in [1.82, 2.24) is 18.0 Å². The van der Waals surface area contributed by atoms with Gasteiger partial charge in [0.15, 0.2) is 0 Å². The number of thioether (sulfide) groups is 1. The van der Waals surface area contributed by atoms with Gasteiger partial charge >= 0.3 is 0 Å². The molecule has 1 aromatic carbocycles. The van der Waals surface area contributed by atoms with E-state index in [4.69, 9.17) is 0 Å². The van der Waals surface area contributed by atoms with Gasteiger partial charge in [-0.25, -0.2) is 8.42 Å². The molecule has 2 aliphatic rings. The summed E-state index contributed by atoms with van der Waals surface area (Å²) in [6, 6.07) is 5.02. The molecule has 2 aromatic rings. The fraction of sp³-hybridized carbons (Fsp3) is 0.562. The minimum Gasteiger partial charge on any atom is -0.341 e. The zero-order valence-corrected chi connectivity index (χ0v) is 16.7. The van der Waals surface area contributed by atoms with Crippen LogP contribution in [0.3, 0.4) is 0 Å². The first kappa shape index (κ1) is 18.1. The van der Waals surface area contributed by atoms with Gasteiger partial charge in [-0.2, -0.15) is 24.8 Å². The van der Waals surface area contributed by atoms with E-state index in [-0.39, 0.29) is 23.3 Å². The van der Waals surface area contributed by atoms with Crippen LogP contribution < -0.4 is 0 Å². The zero-order chi connectivity index (χ0) is 18.1. The van der Waals surface area contributed by atoms with Gasteiger partial charge in [0.1, 0.15) is 15.9 Å². The van der Waals surface area contributed by atoms with E-state index in [1.54, 1.807) is 18.2 Å². The van der Waals surface area contributed by atoms with Crippen molar-refractivity contribution in [2.45, 2.75) is 17.7 Å². The largest absolute Gasteiger partial charge is 0.341 e. The van der Waals surface area contributed by atoms with Crippen LogP contribution in [0.4, 0.5) is 0 Å². The van der Waals surface area contributed by atoms with Crippen LogP contribution in [0.25, 0.3) is 11.0 Å². The molecule has 4 rings (SSSR count). The number of fused-ring (bicyclic) bond motifs is 1. The molecule has 1 atom stereocenters. The Morgan fingerprint density at radius 3 is 2.77 bits per heavy atom. The van der Waals surface area contributed by atoms with E-state index in [0.717, 1.165) is 42.7 Å². The summed E-state index contributed by atoms with van der Waals surface area (Å²) in [5.41, 5.74) is 1.01. The van der Waals surface area contributed by atoms with Gasteiger partial charge in [-0.3, -0.25) is 4.79 Å². The van der Waals surface area contributed by atoms with Crippen molar-refractivity contribution in [3.8, 4) is 0 Å². The van der Waals surface area contributed by atoms with Crippen LogP contribution >= 0.6 is 23.5 Å². The van der Waals surface area contributed by atoms with Gasteiger partial charge in [-0.1, -0.05) is 6.07 Å². The van der Waals surface area contributed by atoms with Crippen LogP contribution in [0.5, 0.6) is 0 Å². The Bertz CT molecular complexity index is 908. The molecule has 2 aliphatic heterocycles. The predicted molar refractivity (Wildman–Crippen MR) is 103 cm³/mol. The molecule has 3 heterocycles. The Labute approximate surface area is 161 Å². The lowest BCUT2D eigenvalue weighted by molar-refractivity contribution is -0.136. The summed E-state index contributed by atoms with van der Waals surface area (Å²) in [5.74, 6) is 1.76. The number of rotatable bonds is 3. The van der Waals surface area contributed by atoms with Crippen LogP contribution in [0.1, 0.15) is 12.8 Å². The number of hydrogen-bond donors (Lipinski definition) is 0. The Balaban J connectivity index is 1.57. The molecule has 140 valence electrons. The van der Waals surface area contributed by atoms with Gasteiger partial charge in [0.05, 0.1) is 17.6 Å². The highest BCUT2D eigenvalue weighted by Crippen LogP contribution is 2.29. The molecule has 2 fully saturated rings. The standard InChI is InChI=1S/C16H20N4O3S3/c21-16(19-7-9-24-10-8-19)12-3-2-6-20(11-12)26(22,23)14-5-1-4-13-15(14)18-25-17-13/h1,4-5,12H,2-3,6-11H2/t12-/m0/s1. The quantitative estimate of drug-likeness (QED) is 0.763. The van der Waals surface area contributed by atoms with Gasteiger partial charge in [0.25, 0.3) is 0 Å². The molecule has 0 N–H and O–H groups in total. The molecule has 0 radical (unpaired) electrons. The Kier molecular flexibility index (Phi) is 5.18. The zero-order valence-electron chi connectivity index (χ0n) is 14.2. The van der Waals surface area contributed by atoms with Gasteiger partial charge in [-0.15, -0.1) is 0 Å². The van der Waals surface area contributed by atoms with E-state index in [0.29, 0.717) is 24.0 Å². The smallest absolute Gasteiger partial charge is 0.245 e. The van der Waals surface area contributed by atoms with E-state index in [9.17, 15) is 13.2 Å². The van der Waals surface area contributed by atoms with Crippen molar-refractivity contribution >= 4 is 50.5 Å². The van der Waals surface area contributed by atoms with E-state index >= 15 is 0 Å². The summed E-state index contributed by atoms with van der Waals surface area (Å²) >= 11 is 2.86. The van der Waals surface area contributed by atoms with Crippen LogP contribution in [-0.2, 0) is 14.8 Å². The highest BCUT2D eigenvalue weighted by molar-refractivity contribution is 7.99. The highest BCUT2D eigenvalue weighted by atomic mass is 32.2. The molecule has 26 heavy (non-hydrogen) atoms. The minimum atomic E-state index is -3.69. The van der Waals surface area contributed by atoms with Gasteiger partial charge in [-0.05, 0) is 25.0 Å². The fourth-order valence-corrected chi connectivity index (χ4v) is 6.71. The predicted octanol–water partition coefficient (Wildman–Crippen LogP) is 1.67. The number of nitrogens with zero attached hydrogens (tertiary/aromatic N) is 4. The number of benzene rings is 1. The Morgan fingerprint density at radius 2 is 1.96 bits per heavy atom. The average Bonchev–Trinajstić information content (AvgIpc) is 3.17. The van der Waals surface area contributed by atoms with Crippen molar-refractivity contribution in [3.05, 3.63) is 18.2 Å². The number of carbonyl (C=O) groups excluding carboxylic acids is 1. The molecule has 0 bridgehead atoms. The third-order valence-electron chi connectivity index (χ3n) is 4.92. The molecule has 1 amide bonds. The van der Waals surface area contributed by atoms with Crippen LogP contribution in [0, 0.1) is 5.92 Å². The van der Waals surface area contributed by atoms with E-state index in [2.05, 4.69) is 8.75 Å². The van der Waals surface area contributed by atoms with E-state index < -0.39 is 10.0 Å². The first-order valence-corrected chi connectivity index (χ1v) is 12.0. The summed E-state index contributed by atoms with van der Waals surface area (Å²) < 4.78 is 36.1. The first-order valence-electron chi connectivity index (χ1n) is 8.65. The Hall–Kier alpha value is -1.23. The number of piperidine rings is 1.